The molecule has 0 aliphatic carbocycles. The van der Waals surface area contributed by atoms with Gasteiger partial charge < -0.3 is 15.6 Å². The summed E-state index contributed by atoms with van der Waals surface area (Å²) >= 11 is 0. The Kier molecular flexibility index (Phi) is 3.45. The SMILES string of the molecule is Cc1nocc1CC(=O)NCCN. The molecule has 0 saturated heterocycles. The first-order valence-electron chi connectivity index (χ1n) is 4.10. The van der Waals surface area contributed by atoms with Crippen molar-refractivity contribution in [2.24, 2.45) is 5.73 Å². The van der Waals surface area contributed by atoms with Crippen LogP contribution in [0.15, 0.2) is 10.8 Å². The summed E-state index contributed by atoms with van der Waals surface area (Å²) in [5, 5.41) is 6.33. The molecular weight excluding hydrogens is 170 g/mol. The lowest BCUT2D eigenvalue weighted by Gasteiger charge is -2.00. The van der Waals surface area contributed by atoms with Crippen LogP contribution in [-0.4, -0.2) is 24.2 Å². The Balaban J connectivity index is 2.41. The molecule has 5 nitrogen and oxygen atoms in total. The van der Waals surface area contributed by atoms with E-state index >= 15 is 0 Å². The zero-order valence-electron chi connectivity index (χ0n) is 7.54. The van der Waals surface area contributed by atoms with Gasteiger partial charge in [-0.15, -0.1) is 0 Å². The van der Waals surface area contributed by atoms with E-state index < -0.39 is 0 Å². The summed E-state index contributed by atoms with van der Waals surface area (Å²) in [5.74, 6) is -0.0586. The van der Waals surface area contributed by atoms with Crippen LogP contribution in [-0.2, 0) is 11.2 Å². The zero-order chi connectivity index (χ0) is 9.68. The first-order chi connectivity index (χ1) is 6.24. The number of aryl methyl sites for hydroxylation is 1. The van der Waals surface area contributed by atoms with Gasteiger partial charge in [0.25, 0.3) is 0 Å². The zero-order valence-corrected chi connectivity index (χ0v) is 7.54. The Morgan fingerprint density at radius 1 is 1.77 bits per heavy atom. The van der Waals surface area contributed by atoms with Gasteiger partial charge in [-0.3, -0.25) is 4.79 Å². The maximum atomic E-state index is 11.2. The normalized spacial score (nSPS) is 10.0. The van der Waals surface area contributed by atoms with Gasteiger partial charge in [-0.1, -0.05) is 5.16 Å². The van der Waals surface area contributed by atoms with E-state index in [0.29, 0.717) is 19.5 Å². The van der Waals surface area contributed by atoms with E-state index in [0.717, 1.165) is 11.3 Å². The molecule has 0 atom stereocenters. The van der Waals surface area contributed by atoms with Crippen LogP contribution in [0.4, 0.5) is 0 Å². The molecule has 0 aliphatic rings. The molecule has 1 heterocycles. The molecular formula is C8H13N3O2. The maximum Gasteiger partial charge on any atom is 0.224 e. The fourth-order valence-electron chi connectivity index (χ4n) is 0.930. The highest BCUT2D eigenvalue weighted by molar-refractivity contribution is 5.78. The van der Waals surface area contributed by atoms with Crippen molar-refractivity contribution in [1.82, 2.24) is 10.5 Å². The molecule has 0 spiro atoms. The number of nitrogens with zero attached hydrogens (tertiary/aromatic N) is 1. The summed E-state index contributed by atoms with van der Waals surface area (Å²) in [6, 6.07) is 0. The van der Waals surface area contributed by atoms with Crippen LogP contribution in [0.25, 0.3) is 0 Å². The quantitative estimate of drug-likeness (QED) is 0.665. The average molecular weight is 183 g/mol. The Morgan fingerprint density at radius 2 is 2.54 bits per heavy atom. The Morgan fingerprint density at radius 3 is 3.08 bits per heavy atom. The number of nitrogens with two attached hydrogens (primary N) is 1. The van der Waals surface area contributed by atoms with Crippen molar-refractivity contribution in [2.45, 2.75) is 13.3 Å². The molecule has 13 heavy (non-hydrogen) atoms. The van der Waals surface area contributed by atoms with Crippen LogP contribution in [0.2, 0.25) is 0 Å². The number of carbonyl (C=O) groups excluding carboxylic acids is 1. The topological polar surface area (TPSA) is 81.2 Å². The summed E-state index contributed by atoms with van der Waals surface area (Å²) in [5.41, 5.74) is 6.80. The smallest absolute Gasteiger partial charge is 0.224 e. The van der Waals surface area contributed by atoms with E-state index in [1.165, 1.54) is 6.26 Å². The first kappa shape index (κ1) is 9.73. The molecule has 0 fully saturated rings. The molecule has 72 valence electrons. The van der Waals surface area contributed by atoms with E-state index in [4.69, 9.17) is 10.3 Å². The van der Waals surface area contributed by atoms with E-state index in [9.17, 15) is 4.79 Å². The molecule has 0 unspecified atom stereocenters. The standard InChI is InChI=1S/C8H13N3O2/c1-6-7(5-13-11-6)4-8(12)10-3-2-9/h5H,2-4,9H2,1H3,(H,10,12). The fourth-order valence-corrected chi connectivity index (χ4v) is 0.930. The third-order valence-corrected chi connectivity index (χ3v) is 1.67. The van der Waals surface area contributed by atoms with Gasteiger partial charge in [-0.05, 0) is 6.92 Å². The van der Waals surface area contributed by atoms with Crippen molar-refractivity contribution in [1.29, 1.82) is 0 Å². The molecule has 5 heteroatoms. The highest BCUT2D eigenvalue weighted by Gasteiger charge is 2.07. The number of aromatic nitrogens is 1. The van der Waals surface area contributed by atoms with Crippen molar-refractivity contribution in [2.75, 3.05) is 13.1 Å². The fraction of sp³-hybridized carbons (Fsp3) is 0.500. The van der Waals surface area contributed by atoms with Gasteiger partial charge >= 0.3 is 0 Å². The Bertz CT molecular complexity index is 283. The van der Waals surface area contributed by atoms with Crippen LogP contribution in [0.1, 0.15) is 11.3 Å². The first-order valence-corrected chi connectivity index (χ1v) is 4.10. The number of nitrogens with one attached hydrogen (secondary N) is 1. The number of carbonyl (C=O) groups is 1. The predicted octanol–water partition coefficient (Wildman–Crippen LogP) is -0.400. The molecule has 0 aromatic carbocycles. The largest absolute Gasteiger partial charge is 0.364 e. The van der Waals surface area contributed by atoms with Crippen molar-refractivity contribution in [3.63, 3.8) is 0 Å². The molecule has 0 radical (unpaired) electrons. The number of hydrogen-bond acceptors (Lipinski definition) is 4. The highest BCUT2D eigenvalue weighted by atomic mass is 16.5. The predicted molar refractivity (Wildman–Crippen MR) is 47.0 cm³/mol. The third kappa shape index (κ3) is 2.87. The van der Waals surface area contributed by atoms with Crippen molar-refractivity contribution < 1.29 is 9.32 Å². The van der Waals surface area contributed by atoms with Gasteiger partial charge in [0.1, 0.15) is 6.26 Å². The van der Waals surface area contributed by atoms with E-state index in [-0.39, 0.29) is 5.91 Å². The van der Waals surface area contributed by atoms with E-state index in [1.807, 2.05) is 0 Å². The average Bonchev–Trinajstić information content (AvgIpc) is 2.48. The Labute approximate surface area is 76.3 Å². The lowest BCUT2D eigenvalue weighted by Crippen LogP contribution is -2.30. The minimum absolute atomic E-state index is 0.0586. The van der Waals surface area contributed by atoms with Gasteiger partial charge in [-0.25, -0.2) is 0 Å². The summed E-state index contributed by atoms with van der Waals surface area (Å²) in [7, 11) is 0. The molecule has 1 amide bonds. The van der Waals surface area contributed by atoms with Crippen molar-refractivity contribution in [3.8, 4) is 0 Å². The molecule has 0 aliphatic heterocycles. The highest BCUT2D eigenvalue weighted by Crippen LogP contribution is 2.04. The van der Waals surface area contributed by atoms with Crippen LogP contribution in [0.3, 0.4) is 0 Å². The lowest BCUT2D eigenvalue weighted by molar-refractivity contribution is -0.120. The maximum absolute atomic E-state index is 11.2. The second kappa shape index (κ2) is 4.61. The second-order valence-corrected chi connectivity index (χ2v) is 2.74. The number of hydrogen-bond donors (Lipinski definition) is 2. The van der Waals surface area contributed by atoms with E-state index in [1.54, 1.807) is 6.92 Å². The van der Waals surface area contributed by atoms with Crippen molar-refractivity contribution in [3.05, 3.63) is 17.5 Å². The molecule has 0 bridgehead atoms. The minimum Gasteiger partial charge on any atom is -0.364 e. The Hall–Kier alpha value is -1.36. The van der Waals surface area contributed by atoms with Gasteiger partial charge in [-0.2, -0.15) is 0 Å². The summed E-state index contributed by atoms with van der Waals surface area (Å²) in [6.45, 7) is 2.76. The number of amides is 1. The molecule has 3 N–H and O–H groups in total. The third-order valence-electron chi connectivity index (χ3n) is 1.67. The summed E-state index contributed by atoms with van der Waals surface area (Å²) in [6.07, 6.45) is 1.78. The van der Waals surface area contributed by atoms with Crippen LogP contribution in [0, 0.1) is 6.92 Å². The van der Waals surface area contributed by atoms with E-state index in [2.05, 4.69) is 10.5 Å². The number of rotatable bonds is 4. The van der Waals surface area contributed by atoms with Crippen LogP contribution in [0.5, 0.6) is 0 Å². The van der Waals surface area contributed by atoms with Crippen LogP contribution < -0.4 is 11.1 Å². The molecule has 1 aromatic rings. The molecule has 0 saturated carbocycles. The second-order valence-electron chi connectivity index (χ2n) is 2.74. The van der Waals surface area contributed by atoms with Gasteiger partial charge in [0.05, 0.1) is 12.1 Å². The minimum atomic E-state index is -0.0586. The van der Waals surface area contributed by atoms with Crippen LogP contribution >= 0.6 is 0 Å². The van der Waals surface area contributed by atoms with Gasteiger partial charge in [0.2, 0.25) is 5.91 Å². The van der Waals surface area contributed by atoms with Gasteiger partial charge in [0.15, 0.2) is 0 Å². The lowest BCUT2D eigenvalue weighted by atomic mass is 10.2. The monoisotopic (exact) mass is 183 g/mol. The molecule has 1 rings (SSSR count). The van der Waals surface area contributed by atoms with Crippen molar-refractivity contribution >= 4 is 5.91 Å². The molecule has 1 aromatic heterocycles. The summed E-state index contributed by atoms with van der Waals surface area (Å²) < 4.78 is 4.70. The summed E-state index contributed by atoms with van der Waals surface area (Å²) in [4.78, 5) is 11.2. The van der Waals surface area contributed by atoms with Gasteiger partial charge in [0, 0.05) is 18.7 Å².